The first kappa shape index (κ1) is 15.1. The zero-order valence-corrected chi connectivity index (χ0v) is 12.9. The van der Waals surface area contributed by atoms with E-state index in [4.69, 9.17) is 4.42 Å². The molecule has 23 heavy (non-hydrogen) atoms. The van der Waals surface area contributed by atoms with Gasteiger partial charge in [-0.2, -0.15) is 0 Å². The standard InChI is InChI=1S/C18H18N2O3/c1-2-3-8-17(22)19-12-9-10-13(15(21)11-12)18-20-14-6-4-5-7-16(14)23-18/h4-7,9-11,21H,2-3,8H2,1H3,(H,19,22). The van der Waals surface area contributed by atoms with Crippen LogP contribution in [0.25, 0.3) is 22.6 Å². The van der Waals surface area contributed by atoms with E-state index in [9.17, 15) is 9.90 Å². The number of aromatic hydroxyl groups is 1. The number of para-hydroxylation sites is 2. The van der Waals surface area contributed by atoms with Crippen LogP contribution in [0.1, 0.15) is 26.2 Å². The molecule has 1 heterocycles. The Bertz CT molecular complexity index is 806. The molecule has 0 saturated carbocycles. The van der Waals surface area contributed by atoms with E-state index >= 15 is 0 Å². The lowest BCUT2D eigenvalue weighted by Crippen LogP contribution is -2.10. The quantitative estimate of drug-likeness (QED) is 0.735. The van der Waals surface area contributed by atoms with Crippen molar-refractivity contribution in [2.75, 3.05) is 5.32 Å². The van der Waals surface area contributed by atoms with E-state index in [1.54, 1.807) is 12.1 Å². The van der Waals surface area contributed by atoms with Gasteiger partial charge < -0.3 is 14.8 Å². The number of aromatic nitrogens is 1. The third-order valence-electron chi connectivity index (χ3n) is 3.56. The zero-order chi connectivity index (χ0) is 16.2. The number of amides is 1. The van der Waals surface area contributed by atoms with Gasteiger partial charge in [0.1, 0.15) is 11.3 Å². The van der Waals surface area contributed by atoms with Gasteiger partial charge in [0, 0.05) is 18.2 Å². The monoisotopic (exact) mass is 310 g/mol. The first-order chi connectivity index (χ1) is 11.2. The summed E-state index contributed by atoms with van der Waals surface area (Å²) in [4.78, 5) is 16.1. The van der Waals surface area contributed by atoms with Gasteiger partial charge in [-0.3, -0.25) is 4.79 Å². The molecule has 0 radical (unpaired) electrons. The SMILES string of the molecule is CCCCC(=O)Nc1ccc(-c2nc3ccccc3o2)c(O)c1. The van der Waals surface area contributed by atoms with Gasteiger partial charge in [-0.15, -0.1) is 0 Å². The van der Waals surface area contributed by atoms with E-state index in [0.717, 1.165) is 18.4 Å². The number of hydrogen-bond donors (Lipinski definition) is 2. The van der Waals surface area contributed by atoms with Gasteiger partial charge in [-0.1, -0.05) is 25.5 Å². The summed E-state index contributed by atoms with van der Waals surface area (Å²) in [5.74, 6) is 0.318. The van der Waals surface area contributed by atoms with E-state index in [1.807, 2.05) is 31.2 Å². The molecule has 2 aromatic carbocycles. The Hall–Kier alpha value is -2.82. The molecule has 1 aromatic heterocycles. The number of carbonyl (C=O) groups is 1. The van der Waals surface area contributed by atoms with Crippen LogP contribution in [0, 0.1) is 0 Å². The first-order valence-electron chi connectivity index (χ1n) is 7.66. The number of benzene rings is 2. The van der Waals surface area contributed by atoms with E-state index in [1.165, 1.54) is 6.07 Å². The molecule has 0 aliphatic rings. The summed E-state index contributed by atoms with van der Waals surface area (Å²) >= 11 is 0. The second kappa shape index (κ2) is 6.52. The molecule has 0 saturated heterocycles. The van der Waals surface area contributed by atoms with Crippen molar-refractivity contribution in [1.29, 1.82) is 0 Å². The third-order valence-corrected chi connectivity index (χ3v) is 3.56. The first-order valence-corrected chi connectivity index (χ1v) is 7.66. The molecule has 5 nitrogen and oxygen atoms in total. The lowest BCUT2D eigenvalue weighted by atomic mass is 10.1. The highest BCUT2D eigenvalue weighted by Crippen LogP contribution is 2.33. The summed E-state index contributed by atoms with van der Waals surface area (Å²) in [6.07, 6.45) is 2.29. The van der Waals surface area contributed by atoms with Crippen molar-refractivity contribution >= 4 is 22.7 Å². The highest BCUT2D eigenvalue weighted by molar-refractivity contribution is 5.91. The molecule has 3 aromatic rings. The van der Waals surface area contributed by atoms with Crippen LogP contribution >= 0.6 is 0 Å². The van der Waals surface area contributed by atoms with Crippen LogP contribution in [0.5, 0.6) is 5.75 Å². The van der Waals surface area contributed by atoms with E-state index in [-0.39, 0.29) is 11.7 Å². The number of nitrogens with zero attached hydrogens (tertiary/aromatic N) is 1. The molecular formula is C18H18N2O3. The van der Waals surface area contributed by atoms with Gasteiger partial charge >= 0.3 is 0 Å². The molecule has 0 unspecified atom stereocenters. The fourth-order valence-corrected chi connectivity index (χ4v) is 2.34. The minimum atomic E-state index is -0.0548. The number of fused-ring (bicyclic) bond motifs is 1. The van der Waals surface area contributed by atoms with Gasteiger partial charge in [-0.25, -0.2) is 4.98 Å². The van der Waals surface area contributed by atoms with E-state index in [0.29, 0.717) is 29.1 Å². The molecule has 0 atom stereocenters. The summed E-state index contributed by atoms with van der Waals surface area (Å²) in [7, 11) is 0. The average Bonchev–Trinajstić information content (AvgIpc) is 2.96. The number of phenolic OH excluding ortho intramolecular Hbond substituents is 1. The fraction of sp³-hybridized carbons (Fsp3) is 0.222. The van der Waals surface area contributed by atoms with Gasteiger partial charge in [0.2, 0.25) is 11.8 Å². The second-order valence-electron chi connectivity index (χ2n) is 5.37. The van der Waals surface area contributed by atoms with Gasteiger partial charge in [0.15, 0.2) is 5.58 Å². The van der Waals surface area contributed by atoms with Crippen LogP contribution < -0.4 is 5.32 Å². The fourth-order valence-electron chi connectivity index (χ4n) is 2.34. The molecule has 0 aliphatic carbocycles. The van der Waals surface area contributed by atoms with Crippen LogP contribution in [-0.2, 0) is 4.79 Å². The van der Waals surface area contributed by atoms with Crippen LogP contribution in [-0.4, -0.2) is 16.0 Å². The topological polar surface area (TPSA) is 75.4 Å². The van der Waals surface area contributed by atoms with Gasteiger partial charge in [0.05, 0.1) is 5.56 Å². The van der Waals surface area contributed by atoms with Crippen molar-refractivity contribution in [1.82, 2.24) is 4.98 Å². The van der Waals surface area contributed by atoms with Crippen molar-refractivity contribution < 1.29 is 14.3 Å². The number of rotatable bonds is 5. The molecule has 0 aliphatic heterocycles. The highest BCUT2D eigenvalue weighted by Gasteiger charge is 2.13. The predicted octanol–water partition coefficient (Wildman–Crippen LogP) is 4.33. The van der Waals surface area contributed by atoms with Gasteiger partial charge in [0.25, 0.3) is 0 Å². The van der Waals surface area contributed by atoms with Crippen molar-refractivity contribution in [3.05, 3.63) is 42.5 Å². The van der Waals surface area contributed by atoms with Crippen LogP contribution in [0.15, 0.2) is 46.9 Å². The summed E-state index contributed by atoms with van der Waals surface area (Å²) in [5.41, 5.74) is 2.45. The summed E-state index contributed by atoms with van der Waals surface area (Å²) in [6, 6.07) is 12.3. The average molecular weight is 310 g/mol. The lowest BCUT2D eigenvalue weighted by Gasteiger charge is -2.07. The zero-order valence-electron chi connectivity index (χ0n) is 12.9. The van der Waals surface area contributed by atoms with Crippen LogP contribution in [0.2, 0.25) is 0 Å². The number of phenols is 1. The molecular weight excluding hydrogens is 292 g/mol. The predicted molar refractivity (Wildman–Crippen MR) is 89.3 cm³/mol. The van der Waals surface area contributed by atoms with Crippen LogP contribution in [0.4, 0.5) is 5.69 Å². The molecule has 118 valence electrons. The maximum absolute atomic E-state index is 11.7. The Balaban J connectivity index is 1.83. The van der Waals surface area contributed by atoms with E-state index < -0.39 is 0 Å². The Morgan fingerprint density at radius 1 is 1.26 bits per heavy atom. The van der Waals surface area contributed by atoms with Crippen LogP contribution in [0.3, 0.4) is 0 Å². The molecule has 0 fully saturated rings. The van der Waals surface area contributed by atoms with Crippen molar-refractivity contribution in [3.8, 4) is 17.2 Å². The second-order valence-corrected chi connectivity index (χ2v) is 5.37. The Morgan fingerprint density at radius 2 is 2.09 bits per heavy atom. The highest BCUT2D eigenvalue weighted by atomic mass is 16.3. The number of nitrogens with one attached hydrogen (secondary N) is 1. The maximum Gasteiger partial charge on any atom is 0.231 e. The normalized spacial score (nSPS) is 10.8. The number of anilines is 1. The summed E-state index contributed by atoms with van der Waals surface area (Å²) in [6.45, 7) is 2.04. The Kier molecular flexibility index (Phi) is 4.28. The summed E-state index contributed by atoms with van der Waals surface area (Å²) < 4.78 is 5.65. The molecule has 2 N–H and O–H groups in total. The summed E-state index contributed by atoms with van der Waals surface area (Å²) in [5, 5.41) is 13.0. The number of hydrogen-bond acceptors (Lipinski definition) is 4. The number of oxazole rings is 1. The van der Waals surface area contributed by atoms with Gasteiger partial charge in [-0.05, 0) is 30.7 Å². The van der Waals surface area contributed by atoms with Crippen molar-refractivity contribution in [2.24, 2.45) is 0 Å². The van der Waals surface area contributed by atoms with Crippen molar-refractivity contribution in [3.63, 3.8) is 0 Å². The maximum atomic E-state index is 11.7. The minimum absolute atomic E-state index is 0.0184. The molecule has 0 bridgehead atoms. The van der Waals surface area contributed by atoms with Crippen molar-refractivity contribution in [2.45, 2.75) is 26.2 Å². The number of unbranched alkanes of at least 4 members (excludes halogenated alkanes) is 1. The molecule has 1 amide bonds. The number of carbonyl (C=O) groups excluding carboxylic acids is 1. The lowest BCUT2D eigenvalue weighted by molar-refractivity contribution is -0.116. The van der Waals surface area contributed by atoms with E-state index in [2.05, 4.69) is 10.3 Å². The largest absolute Gasteiger partial charge is 0.507 e. The third kappa shape index (κ3) is 3.34. The minimum Gasteiger partial charge on any atom is -0.507 e. The Morgan fingerprint density at radius 3 is 2.83 bits per heavy atom. The molecule has 3 rings (SSSR count). The Labute approximate surface area is 134 Å². The molecule has 0 spiro atoms. The smallest absolute Gasteiger partial charge is 0.231 e. The molecule has 5 heteroatoms.